The van der Waals surface area contributed by atoms with E-state index in [0.717, 1.165) is 10.9 Å². The number of aromatic amines is 1. The highest BCUT2D eigenvalue weighted by Gasteiger charge is 2.31. The summed E-state index contributed by atoms with van der Waals surface area (Å²) < 4.78 is 0. The first kappa shape index (κ1) is 31.6. The molecule has 0 fully saturated rings. The third-order valence-electron chi connectivity index (χ3n) is 6.14. The lowest BCUT2D eigenvalue weighted by molar-refractivity contribution is -0.142. The lowest BCUT2D eigenvalue weighted by Crippen LogP contribution is -2.57. The molecule has 4 atom stereocenters. The van der Waals surface area contributed by atoms with E-state index in [4.69, 9.17) is 17.2 Å². The van der Waals surface area contributed by atoms with Crippen molar-refractivity contribution in [3.63, 3.8) is 0 Å². The molecule has 1 aromatic heterocycles. The molecule has 1 aromatic carbocycles. The van der Waals surface area contributed by atoms with E-state index in [9.17, 15) is 29.1 Å². The smallest absolute Gasteiger partial charge is 0.326 e. The molecule has 0 saturated heterocycles. The van der Waals surface area contributed by atoms with Crippen molar-refractivity contribution in [1.82, 2.24) is 20.9 Å². The molecule has 2 aromatic rings. The molecule has 39 heavy (non-hydrogen) atoms. The Balaban J connectivity index is 2.31. The molecule has 0 radical (unpaired) electrons. The van der Waals surface area contributed by atoms with Gasteiger partial charge in [-0.05, 0) is 43.9 Å². The van der Waals surface area contributed by atoms with E-state index in [2.05, 4.69) is 33.6 Å². The molecule has 0 saturated carbocycles. The maximum atomic E-state index is 13.3. The third kappa shape index (κ3) is 9.89. The molecule has 214 valence electrons. The van der Waals surface area contributed by atoms with Gasteiger partial charge in [0.25, 0.3) is 0 Å². The molecule has 14 heteroatoms. The van der Waals surface area contributed by atoms with Gasteiger partial charge in [0.05, 0.1) is 6.04 Å². The van der Waals surface area contributed by atoms with E-state index in [0.29, 0.717) is 24.9 Å². The number of nitrogens with two attached hydrogens (primary N) is 3. The van der Waals surface area contributed by atoms with Gasteiger partial charge in [0, 0.05) is 35.7 Å². The lowest BCUT2D eigenvalue weighted by atomic mass is 10.0. The highest BCUT2D eigenvalue weighted by Crippen LogP contribution is 2.19. The monoisotopic (exact) mass is 563 g/mol. The Morgan fingerprint density at radius 2 is 1.56 bits per heavy atom. The van der Waals surface area contributed by atoms with Crippen LogP contribution in [-0.4, -0.2) is 76.2 Å². The number of carbonyl (C=O) groups excluding carboxylic acids is 4. The predicted octanol–water partition coefficient (Wildman–Crippen LogP) is -1.10. The van der Waals surface area contributed by atoms with Crippen LogP contribution in [0.15, 0.2) is 30.5 Å². The normalized spacial score (nSPS) is 14.1. The number of aromatic nitrogens is 1. The molecule has 13 nitrogen and oxygen atoms in total. The van der Waals surface area contributed by atoms with E-state index < -0.39 is 53.8 Å². The number of benzene rings is 1. The van der Waals surface area contributed by atoms with Gasteiger partial charge in [-0.2, -0.15) is 12.6 Å². The topological polar surface area (TPSA) is 236 Å². The van der Waals surface area contributed by atoms with Crippen LogP contribution in [-0.2, 0) is 30.4 Å². The highest BCUT2D eigenvalue weighted by atomic mass is 32.1. The summed E-state index contributed by atoms with van der Waals surface area (Å²) in [6.07, 6.45) is 2.62. The minimum atomic E-state index is -1.40. The van der Waals surface area contributed by atoms with E-state index in [1.807, 2.05) is 24.3 Å². The number of carboxylic acids is 1. The van der Waals surface area contributed by atoms with E-state index in [-0.39, 0.29) is 31.4 Å². The first-order valence-electron chi connectivity index (χ1n) is 12.6. The Kier molecular flexibility index (Phi) is 12.7. The van der Waals surface area contributed by atoms with Crippen LogP contribution in [0.5, 0.6) is 0 Å². The molecule has 0 aliphatic heterocycles. The van der Waals surface area contributed by atoms with E-state index >= 15 is 0 Å². The van der Waals surface area contributed by atoms with E-state index in [1.165, 1.54) is 0 Å². The van der Waals surface area contributed by atoms with Crippen LogP contribution in [0.1, 0.15) is 37.7 Å². The molecule has 2 rings (SSSR count). The van der Waals surface area contributed by atoms with Gasteiger partial charge < -0.3 is 43.2 Å². The molecular formula is C25H37N7O6S. The number of aliphatic carboxylic acids is 1. The van der Waals surface area contributed by atoms with Crippen molar-refractivity contribution >= 4 is 53.1 Å². The Hall–Kier alpha value is -3.62. The minimum Gasteiger partial charge on any atom is -0.480 e. The minimum absolute atomic E-state index is 0.0172. The Bertz CT molecular complexity index is 1160. The number of carboxylic acid groups (broad SMARTS) is 1. The lowest BCUT2D eigenvalue weighted by Gasteiger charge is -2.25. The number of rotatable bonds is 17. The number of H-pyrrole nitrogens is 1. The first-order chi connectivity index (χ1) is 18.6. The number of thiol groups is 1. The number of para-hydroxylation sites is 1. The second-order valence-electron chi connectivity index (χ2n) is 9.16. The SMILES string of the molecule is NCCCCC(NC(=O)C(N)CS)C(=O)NC(Cc1c[nH]c2ccccc12)C(=O)NC(CCC(N)=O)C(=O)O. The molecule has 0 aliphatic carbocycles. The largest absolute Gasteiger partial charge is 0.480 e. The maximum absolute atomic E-state index is 13.3. The summed E-state index contributed by atoms with van der Waals surface area (Å²) in [5.74, 6) is -3.99. The van der Waals surface area contributed by atoms with E-state index in [1.54, 1.807) is 6.20 Å². The Labute approximate surface area is 231 Å². The van der Waals surface area contributed by atoms with Gasteiger partial charge in [-0.25, -0.2) is 4.79 Å². The van der Waals surface area contributed by atoms with Gasteiger partial charge in [0.15, 0.2) is 0 Å². The molecular weight excluding hydrogens is 526 g/mol. The van der Waals surface area contributed by atoms with Crippen molar-refractivity contribution in [2.45, 2.75) is 62.7 Å². The molecule has 11 N–H and O–H groups in total. The summed E-state index contributed by atoms with van der Waals surface area (Å²) in [4.78, 5) is 65.1. The number of carbonyl (C=O) groups is 5. The van der Waals surface area contributed by atoms with Crippen molar-refractivity contribution in [1.29, 1.82) is 0 Å². The van der Waals surface area contributed by atoms with Gasteiger partial charge >= 0.3 is 5.97 Å². The van der Waals surface area contributed by atoms with Crippen LogP contribution < -0.4 is 33.2 Å². The summed E-state index contributed by atoms with van der Waals surface area (Å²) in [5, 5.41) is 18.0. The number of fused-ring (bicyclic) bond motifs is 1. The van der Waals surface area contributed by atoms with Crippen LogP contribution in [0.4, 0.5) is 0 Å². The van der Waals surface area contributed by atoms with Crippen LogP contribution in [0.2, 0.25) is 0 Å². The van der Waals surface area contributed by atoms with Crippen molar-refractivity contribution in [2.24, 2.45) is 17.2 Å². The van der Waals surface area contributed by atoms with Gasteiger partial charge in [-0.3, -0.25) is 19.2 Å². The fraction of sp³-hybridized carbons (Fsp3) is 0.480. The predicted molar refractivity (Wildman–Crippen MR) is 149 cm³/mol. The van der Waals surface area contributed by atoms with Crippen molar-refractivity contribution in [3.8, 4) is 0 Å². The fourth-order valence-corrected chi connectivity index (χ4v) is 4.11. The average molecular weight is 564 g/mol. The zero-order valence-electron chi connectivity index (χ0n) is 21.5. The number of nitrogens with one attached hydrogen (secondary N) is 4. The van der Waals surface area contributed by atoms with Crippen LogP contribution in [0.3, 0.4) is 0 Å². The zero-order valence-corrected chi connectivity index (χ0v) is 22.4. The summed E-state index contributed by atoms with van der Waals surface area (Å²) >= 11 is 4.02. The number of unbranched alkanes of at least 4 members (excludes halogenated alkanes) is 1. The average Bonchev–Trinajstić information content (AvgIpc) is 3.31. The standard InChI is InChI=1S/C25H37N7O6S/c26-10-4-3-7-18(30-22(34)16(27)13-39)23(35)32-20(11-14-12-29-17-6-2-1-5-15(14)17)24(36)31-19(25(37)38)8-9-21(28)33/h1-2,5-6,12,16,18-20,29,39H,3-4,7-11,13,26-27H2,(H2,28,33)(H,30,34)(H,31,36)(H,32,35)(H,37,38). The van der Waals surface area contributed by atoms with Crippen molar-refractivity contribution < 1.29 is 29.1 Å². The fourth-order valence-electron chi connectivity index (χ4n) is 3.94. The molecule has 0 aliphatic rings. The van der Waals surface area contributed by atoms with Gasteiger partial charge in [-0.1, -0.05) is 18.2 Å². The number of hydrogen-bond donors (Lipinski definition) is 9. The summed E-state index contributed by atoms with van der Waals surface area (Å²) in [6.45, 7) is 0.395. The number of amides is 4. The highest BCUT2D eigenvalue weighted by molar-refractivity contribution is 7.80. The molecule has 4 unspecified atom stereocenters. The maximum Gasteiger partial charge on any atom is 0.326 e. The molecule has 0 spiro atoms. The molecule has 0 bridgehead atoms. The first-order valence-corrected chi connectivity index (χ1v) is 13.2. The molecule has 4 amide bonds. The van der Waals surface area contributed by atoms with Crippen molar-refractivity contribution in [3.05, 3.63) is 36.0 Å². The van der Waals surface area contributed by atoms with Crippen LogP contribution in [0.25, 0.3) is 10.9 Å². The van der Waals surface area contributed by atoms with Crippen LogP contribution in [0, 0.1) is 0 Å². The number of primary amides is 1. The van der Waals surface area contributed by atoms with Crippen LogP contribution >= 0.6 is 12.6 Å². The van der Waals surface area contributed by atoms with Crippen molar-refractivity contribution in [2.75, 3.05) is 12.3 Å². The molecule has 1 heterocycles. The number of hydrogen-bond acceptors (Lipinski definition) is 8. The third-order valence-corrected chi connectivity index (χ3v) is 6.53. The van der Waals surface area contributed by atoms with Gasteiger partial charge in [0.2, 0.25) is 23.6 Å². The second kappa shape index (κ2) is 15.7. The summed E-state index contributed by atoms with van der Waals surface area (Å²) in [6, 6.07) is 2.80. The van der Waals surface area contributed by atoms with Gasteiger partial charge in [0.1, 0.15) is 18.1 Å². The summed E-state index contributed by atoms with van der Waals surface area (Å²) in [7, 11) is 0. The zero-order chi connectivity index (χ0) is 28.9. The Morgan fingerprint density at radius 1 is 0.923 bits per heavy atom. The quantitative estimate of drug-likeness (QED) is 0.0844. The summed E-state index contributed by atoms with van der Waals surface area (Å²) in [5.41, 5.74) is 18.0. The van der Waals surface area contributed by atoms with Gasteiger partial charge in [-0.15, -0.1) is 0 Å². The second-order valence-corrected chi connectivity index (χ2v) is 9.53. The Morgan fingerprint density at radius 3 is 2.21 bits per heavy atom.